The predicted molar refractivity (Wildman–Crippen MR) is 99.6 cm³/mol. The first-order valence-corrected chi connectivity index (χ1v) is 7.87. The fourth-order valence-electron chi connectivity index (χ4n) is 2.48. The molecule has 0 bridgehead atoms. The molecule has 1 heterocycles. The van der Waals surface area contributed by atoms with Gasteiger partial charge in [-0.25, -0.2) is 4.98 Å². The van der Waals surface area contributed by atoms with E-state index in [9.17, 15) is 0 Å². The van der Waals surface area contributed by atoms with E-state index in [4.69, 9.17) is 5.73 Å². The minimum atomic E-state index is 0.324. The van der Waals surface area contributed by atoms with E-state index in [0.717, 1.165) is 17.8 Å². The van der Waals surface area contributed by atoms with Crippen molar-refractivity contribution in [3.63, 3.8) is 0 Å². The van der Waals surface area contributed by atoms with Gasteiger partial charge in [-0.05, 0) is 48.7 Å². The Morgan fingerprint density at radius 3 is 2.50 bits per heavy atom. The van der Waals surface area contributed by atoms with Crippen LogP contribution in [0.25, 0.3) is 0 Å². The molecule has 0 spiro atoms. The molecule has 0 saturated heterocycles. The lowest BCUT2D eigenvalue weighted by Gasteiger charge is -2.08. The SMILES string of the molecule is Cc1cccc(/N=C(\N)Nc2cccc(Cc3ccccc3)c2)n1. The van der Waals surface area contributed by atoms with Crippen LogP contribution in [0.4, 0.5) is 11.5 Å². The van der Waals surface area contributed by atoms with Gasteiger partial charge in [-0.3, -0.25) is 0 Å². The molecule has 0 fully saturated rings. The normalized spacial score (nSPS) is 11.3. The molecular formula is C20H20N4. The highest BCUT2D eigenvalue weighted by atomic mass is 15.1. The van der Waals surface area contributed by atoms with E-state index in [0.29, 0.717) is 11.8 Å². The number of nitrogens with two attached hydrogens (primary N) is 1. The van der Waals surface area contributed by atoms with Crippen LogP contribution >= 0.6 is 0 Å². The van der Waals surface area contributed by atoms with Crippen LogP contribution in [0, 0.1) is 6.92 Å². The maximum absolute atomic E-state index is 5.99. The smallest absolute Gasteiger partial charge is 0.199 e. The quantitative estimate of drug-likeness (QED) is 0.564. The second-order valence-corrected chi connectivity index (χ2v) is 5.62. The number of aryl methyl sites for hydroxylation is 1. The number of aromatic nitrogens is 1. The Kier molecular flexibility index (Phi) is 4.87. The number of anilines is 1. The molecular weight excluding hydrogens is 296 g/mol. The number of hydrogen-bond acceptors (Lipinski definition) is 2. The maximum atomic E-state index is 5.99. The van der Waals surface area contributed by atoms with Crippen molar-refractivity contribution in [1.29, 1.82) is 0 Å². The minimum Gasteiger partial charge on any atom is -0.369 e. The fraction of sp³-hybridized carbons (Fsp3) is 0.100. The van der Waals surface area contributed by atoms with E-state index in [-0.39, 0.29) is 0 Å². The summed E-state index contributed by atoms with van der Waals surface area (Å²) in [6.45, 7) is 1.93. The van der Waals surface area contributed by atoms with Gasteiger partial charge in [-0.15, -0.1) is 0 Å². The Bertz CT molecular complexity index is 841. The number of nitrogens with one attached hydrogen (secondary N) is 1. The third kappa shape index (κ3) is 4.43. The van der Waals surface area contributed by atoms with Gasteiger partial charge in [-0.2, -0.15) is 4.99 Å². The van der Waals surface area contributed by atoms with Crippen LogP contribution in [-0.4, -0.2) is 10.9 Å². The maximum Gasteiger partial charge on any atom is 0.199 e. The van der Waals surface area contributed by atoms with Crippen molar-refractivity contribution >= 4 is 17.5 Å². The van der Waals surface area contributed by atoms with Crippen molar-refractivity contribution in [2.75, 3.05) is 5.32 Å². The molecule has 24 heavy (non-hydrogen) atoms. The summed E-state index contributed by atoms with van der Waals surface area (Å²) in [4.78, 5) is 8.62. The zero-order valence-electron chi connectivity index (χ0n) is 13.6. The first kappa shape index (κ1) is 15.7. The van der Waals surface area contributed by atoms with Gasteiger partial charge in [0.15, 0.2) is 11.8 Å². The number of hydrogen-bond donors (Lipinski definition) is 2. The first-order chi connectivity index (χ1) is 11.7. The van der Waals surface area contributed by atoms with Crippen molar-refractivity contribution in [1.82, 2.24) is 4.98 Å². The Hall–Kier alpha value is -3.14. The lowest BCUT2D eigenvalue weighted by atomic mass is 10.0. The third-order valence-electron chi connectivity index (χ3n) is 3.56. The van der Waals surface area contributed by atoms with Crippen LogP contribution in [0.1, 0.15) is 16.8 Å². The van der Waals surface area contributed by atoms with Gasteiger partial charge < -0.3 is 11.1 Å². The molecule has 3 aromatic rings. The molecule has 4 heteroatoms. The Balaban J connectivity index is 1.72. The minimum absolute atomic E-state index is 0.324. The average molecular weight is 316 g/mol. The number of guanidine groups is 1. The zero-order valence-corrected chi connectivity index (χ0v) is 13.6. The molecule has 0 atom stereocenters. The lowest BCUT2D eigenvalue weighted by Crippen LogP contribution is -2.22. The van der Waals surface area contributed by atoms with E-state index < -0.39 is 0 Å². The summed E-state index contributed by atoms with van der Waals surface area (Å²) in [5.74, 6) is 0.922. The van der Waals surface area contributed by atoms with Crippen LogP contribution in [-0.2, 0) is 6.42 Å². The second-order valence-electron chi connectivity index (χ2n) is 5.62. The molecule has 2 aromatic carbocycles. The van der Waals surface area contributed by atoms with Crippen molar-refractivity contribution in [3.05, 3.63) is 89.6 Å². The molecule has 0 amide bonds. The number of nitrogens with zero attached hydrogens (tertiary/aromatic N) is 2. The highest BCUT2D eigenvalue weighted by Crippen LogP contribution is 2.15. The number of pyridine rings is 1. The van der Waals surface area contributed by atoms with Crippen molar-refractivity contribution in [2.24, 2.45) is 10.7 Å². The number of rotatable bonds is 4. The highest BCUT2D eigenvalue weighted by molar-refractivity contribution is 5.93. The molecule has 0 aliphatic heterocycles. The monoisotopic (exact) mass is 316 g/mol. The van der Waals surface area contributed by atoms with Crippen molar-refractivity contribution in [2.45, 2.75) is 13.3 Å². The van der Waals surface area contributed by atoms with E-state index in [2.05, 4.69) is 51.7 Å². The molecule has 0 aliphatic carbocycles. The van der Waals surface area contributed by atoms with Crippen LogP contribution in [0.3, 0.4) is 0 Å². The van der Waals surface area contributed by atoms with Gasteiger partial charge in [0.05, 0.1) is 0 Å². The van der Waals surface area contributed by atoms with Crippen LogP contribution < -0.4 is 11.1 Å². The largest absolute Gasteiger partial charge is 0.369 e. The van der Waals surface area contributed by atoms with E-state index in [1.165, 1.54) is 11.1 Å². The number of aliphatic imine (C=N–C) groups is 1. The Labute approximate surface area is 142 Å². The van der Waals surface area contributed by atoms with Gasteiger partial charge in [-0.1, -0.05) is 48.5 Å². The van der Waals surface area contributed by atoms with Gasteiger partial charge >= 0.3 is 0 Å². The van der Waals surface area contributed by atoms with Crippen LogP contribution in [0.15, 0.2) is 77.8 Å². The van der Waals surface area contributed by atoms with Gasteiger partial charge in [0.2, 0.25) is 0 Å². The molecule has 0 unspecified atom stereocenters. The van der Waals surface area contributed by atoms with Gasteiger partial charge in [0.1, 0.15) is 0 Å². The zero-order chi connectivity index (χ0) is 16.8. The summed E-state index contributed by atoms with van der Waals surface area (Å²) in [5, 5.41) is 3.12. The van der Waals surface area contributed by atoms with E-state index in [1.807, 2.05) is 43.3 Å². The summed E-state index contributed by atoms with van der Waals surface area (Å²) in [7, 11) is 0. The standard InChI is InChI=1S/C20H20N4/c1-15-7-5-12-19(22-15)24-20(21)23-18-11-6-10-17(14-18)13-16-8-3-2-4-9-16/h2-12,14H,13H2,1H3,(H3,21,22,23,24). The van der Waals surface area contributed by atoms with E-state index >= 15 is 0 Å². The summed E-state index contributed by atoms with van der Waals surface area (Å²) in [6, 6.07) is 24.2. The number of benzene rings is 2. The molecule has 3 N–H and O–H groups in total. The van der Waals surface area contributed by atoms with Gasteiger partial charge in [0.25, 0.3) is 0 Å². The molecule has 0 saturated carbocycles. The van der Waals surface area contributed by atoms with Crippen LogP contribution in [0.2, 0.25) is 0 Å². The first-order valence-electron chi connectivity index (χ1n) is 7.87. The summed E-state index contributed by atoms with van der Waals surface area (Å²) in [5.41, 5.74) is 10.3. The van der Waals surface area contributed by atoms with Crippen molar-refractivity contribution in [3.8, 4) is 0 Å². The Morgan fingerprint density at radius 1 is 0.958 bits per heavy atom. The van der Waals surface area contributed by atoms with Crippen molar-refractivity contribution < 1.29 is 0 Å². The topological polar surface area (TPSA) is 63.3 Å². The summed E-state index contributed by atoms with van der Waals surface area (Å²) >= 11 is 0. The predicted octanol–water partition coefficient (Wildman–Crippen LogP) is 4.04. The molecule has 120 valence electrons. The van der Waals surface area contributed by atoms with E-state index in [1.54, 1.807) is 0 Å². The average Bonchev–Trinajstić information content (AvgIpc) is 2.56. The van der Waals surface area contributed by atoms with Crippen LogP contribution in [0.5, 0.6) is 0 Å². The van der Waals surface area contributed by atoms with Gasteiger partial charge in [0, 0.05) is 11.4 Å². The summed E-state index contributed by atoms with van der Waals surface area (Å²) in [6.07, 6.45) is 0.882. The molecule has 0 radical (unpaired) electrons. The summed E-state index contributed by atoms with van der Waals surface area (Å²) < 4.78 is 0. The second kappa shape index (κ2) is 7.42. The third-order valence-corrected chi connectivity index (χ3v) is 3.56. The fourth-order valence-corrected chi connectivity index (χ4v) is 2.48. The molecule has 0 aliphatic rings. The Morgan fingerprint density at radius 2 is 1.71 bits per heavy atom. The molecule has 1 aromatic heterocycles. The molecule has 4 nitrogen and oxygen atoms in total. The molecule has 3 rings (SSSR count). The lowest BCUT2D eigenvalue weighted by molar-refractivity contribution is 1.17. The highest BCUT2D eigenvalue weighted by Gasteiger charge is 2.00.